The summed E-state index contributed by atoms with van der Waals surface area (Å²) in [5.74, 6) is 1.79. The summed E-state index contributed by atoms with van der Waals surface area (Å²) >= 11 is 1.79. The Morgan fingerprint density at radius 3 is 1.93 bits per heavy atom. The monoisotopic (exact) mass is 746 g/mol. The molecule has 0 atom stereocenters. The molecule has 0 N–H and O–H groups in total. The van der Waals surface area contributed by atoms with E-state index in [2.05, 4.69) is 156 Å². The molecule has 0 saturated carbocycles. The van der Waals surface area contributed by atoms with Crippen LogP contribution >= 0.6 is 11.3 Å². The van der Waals surface area contributed by atoms with Crippen LogP contribution in [0.4, 0.5) is 0 Å². The van der Waals surface area contributed by atoms with E-state index in [1.807, 2.05) is 30.3 Å². The van der Waals surface area contributed by atoms with Crippen LogP contribution in [0.3, 0.4) is 0 Å². The van der Waals surface area contributed by atoms with Crippen LogP contribution < -0.4 is 0 Å². The van der Waals surface area contributed by atoms with Gasteiger partial charge in [0, 0.05) is 53.1 Å². The molecule has 0 aliphatic heterocycles. The summed E-state index contributed by atoms with van der Waals surface area (Å²) in [5.41, 5.74) is 9.90. The smallest absolute Gasteiger partial charge is 0.167 e. The van der Waals surface area contributed by atoms with Gasteiger partial charge >= 0.3 is 0 Å². The molecule has 0 bridgehead atoms. The Labute approximate surface area is 330 Å². The van der Waals surface area contributed by atoms with E-state index in [9.17, 15) is 0 Å². The molecule has 0 amide bonds. The highest BCUT2D eigenvalue weighted by molar-refractivity contribution is 7.25. The summed E-state index contributed by atoms with van der Waals surface area (Å²) in [6, 6.07) is 63.8. The van der Waals surface area contributed by atoms with Gasteiger partial charge in [-0.25, -0.2) is 15.0 Å². The molecule has 0 aliphatic carbocycles. The Bertz CT molecular complexity index is 3530. The van der Waals surface area contributed by atoms with Crippen molar-refractivity contribution < 1.29 is 4.42 Å². The minimum Gasteiger partial charge on any atom is -0.455 e. The van der Waals surface area contributed by atoms with Crippen LogP contribution in [-0.2, 0) is 0 Å². The van der Waals surface area contributed by atoms with Gasteiger partial charge in [-0.1, -0.05) is 133 Å². The summed E-state index contributed by atoms with van der Waals surface area (Å²) in [6.45, 7) is 0. The van der Waals surface area contributed by atoms with E-state index >= 15 is 0 Å². The Kier molecular flexibility index (Phi) is 7.03. The summed E-state index contributed by atoms with van der Waals surface area (Å²) < 4.78 is 11.7. The minimum absolute atomic E-state index is 0.562. The molecule has 6 heteroatoms. The van der Waals surface area contributed by atoms with Crippen molar-refractivity contribution in [1.82, 2.24) is 19.5 Å². The highest BCUT2D eigenvalue weighted by Crippen LogP contribution is 2.44. The zero-order valence-corrected chi connectivity index (χ0v) is 31.2. The van der Waals surface area contributed by atoms with Crippen molar-refractivity contribution in [3.63, 3.8) is 0 Å². The fourth-order valence-corrected chi connectivity index (χ4v) is 9.59. The maximum atomic E-state index is 6.90. The number of fused-ring (bicyclic) bond motifs is 10. The van der Waals surface area contributed by atoms with E-state index in [0.29, 0.717) is 17.5 Å². The van der Waals surface area contributed by atoms with Crippen LogP contribution in [0, 0.1) is 0 Å². The van der Waals surface area contributed by atoms with Crippen molar-refractivity contribution >= 4 is 75.3 Å². The minimum atomic E-state index is 0.562. The fraction of sp³-hybridized carbons (Fsp3) is 0. The van der Waals surface area contributed by atoms with Gasteiger partial charge in [0.2, 0.25) is 0 Å². The number of hydrogen-bond donors (Lipinski definition) is 0. The normalized spacial score (nSPS) is 11.9. The number of aromatic nitrogens is 4. The SMILES string of the molecule is c1ccc(-c2cccc(-n3c4ccccc4c4ccc5oc6c(-c7nc(-c8ccccc8)nc(-c8ccc9c(c8)sc8ccccc89)n7)cccc6c5c43)c2)cc1. The zero-order valence-electron chi connectivity index (χ0n) is 30.4. The number of para-hydroxylation sites is 2. The van der Waals surface area contributed by atoms with Crippen LogP contribution in [0.15, 0.2) is 186 Å². The van der Waals surface area contributed by atoms with Gasteiger partial charge in [-0.15, -0.1) is 11.3 Å². The maximum Gasteiger partial charge on any atom is 0.167 e. The summed E-state index contributed by atoms with van der Waals surface area (Å²) in [7, 11) is 0. The molecule has 4 heterocycles. The van der Waals surface area contributed by atoms with Crippen LogP contribution in [0.2, 0.25) is 0 Å². The molecule has 266 valence electrons. The molecular formula is C51H30N4OS. The first-order valence-corrected chi connectivity index (χ1v) is 19.8. The number of rotatable bonds is 5. The van der Waals surface area contributed by atoms with Gasteiger partial charge < -0.3 is 8.98 Å². The molecule has 0 spiro atoms. The van der Waals surface area contributed by atoms with Crippen molar-refractivity contribution in [2.24, 2.45) is 0 Å². The topological polar surface area (TPSA) is 56.7 Å². The lowest BCUT2D eigenvalue weighted by atomic mass is 10.0. The number of nitrogens with zero attached hydrogens (tertiary/aromatic N) is 4. The zero-order chi connectivity index (χ0) is 37.5. The Balaban J connectivity index is 1.10. The van der Waals surface area contributed by atoms with Crippen LogP contribution in [0.5, 0.6) is 0 Å². The molecule has 0 fully saturated rings. The van der Waals surface area contributed by atoms with Gasteiger partial charge in [0.25, 0.3) is 0 Å². The molecule has 8 aromatic carbocycles. The molecule has 4 aromatic heterocycles. The lowest BCUT2D eigenvalue weighted by molar-refractivity contribution is 0.669. The van der Waals surface area contributed by atoms with E-state index in [0.717, 1.165) is 60.9 Å². The number of furan rings is 1. The number of benzene rings is 8. The van der Waals surface area contributed by atoms with Crippen molar-refractivity contribution in [2.45, 2.75) is 0 Å². The largest absolute Gasteiger partial charge is 0.455 e. The Morgan fingerprint density at radius 1 is 0.421 bits per heavy atom. The van der Waals surface area contributed by atoms with E-state index in [1.165, 1.54) is 36.5 Å². The first kappa shape index (κ1) is 31.9. The van der Waals surface area contributed by atoms with Crippen LogP contribution in [-0.4, -0.2) is 19.5 Å². The van der Waals surface area contributed by atoms with E-state index in [1.54, 1.807) is 11.3 Å². The summed E-state index contributed by atoms with van der Waals surface area (Å²) in [4.78, 5) is 15.4. The molecule has 0 aliphatic rings. The van der Waals surface area contributed by atoms with Crippen molar-refractivity contribution in [2.75, 3.05) is 0 Å². The molecule has 5 nitrogen and oxygen atoms in total. The van der Waals surface area contributed by atoms with Gasteiger partial charge in [0.05, 0.1) is 22.0 Å². The predicted octanol–water partition coefficient (Wildman–Crippen LogP) is 13.9. The number of thiophene rings is 1. The standard InChI is InChI=1S/C51H30N4OS/c1-3-13-31(14-4-1)33-17-11-18-35(29-33)55-42-23-9-7-19-36(42)39-27-28-43-46(47(39)55)40-21-12-22-41(48(40)56-43)51-53-49(32-15-5-2-6-16-32)52-50(54-51)34-25-26-38-37-20-8-10-24-44(37)57-45(38)30-34/h1-30H. The second kappa shape index (κ2) is 12.6. The third-order valence-corrected chi connectivity index (χ3v) is 12.2. The third kappa shape index (κ3) is 5.04. The Hall–Kier alpha value is -7.41. The van der Waals surface area contributed by atoms with Gasteiger partial charge in [0.1, 0.15) is 11.2 Å². The fourth-order valence-electron chi connectivity index (χ4n) is 8.44. The molecule has 0 radical (unpaired) electrons. The predicted molar refractivity (Wildman–Crippen MR) is 236 cm³/mol. The molecule has 12 aromatic rings. The van der Waals surface area contributed by atoms with Crippen molar-refractivity contribution in [1.29, 1.82) is 0 Å². The maximum absolute atomic E-state index is 6.90. The van der Waals surface area contributed by atoms with Crippen LogP contribution in [0.25, 0.3) is 115 Å². The van der Waals surface area contributed by atoms with E-state index in [4.69, 9.17) is 19.4 Å². The highest BCUT2D eigenvalue weighted by Gasteiger charge is 2.22. The lowest BCUT2D eigenvalue weighted by Gasteiger charge is -2.11. The number of hydrogen-bond acceptors (Lipinski definition) is 5. The van der Waals surface area contributed by atoms with Gasteiger partial charge in [0.15, 0.2) is 17.5 Å². The average molecular weight is 747 g/mol. The third-order valence-electron chi connectivity index (χ3n) is 11.1. The van der Waals surface area contributed by atoms with E-state index in [-0.39, 0.29) is 0 Å². The summed E-state index contributed by atoms with van der Waals surface area (Å²) in [5, 5.41) is 6.92. The molecule has 0 saturated heterocycles. The first-order valence-electron chi connectivity index (χ1n) is 19.0. The summed E-state index contributed by atoms with van der Waals surface area (Å²) in [6.07, 6.45) is 0. The van der Waals surface area contributed by atoms with Gasteiger partial charge in [-0.05, 0) is 59.7 Å². The molecule has 57 heavy (non-hydrogen) atoms. The highest BCUT2D eigenvalue weighted by atomic mass is 32.1. The Morgan fingerprint density at radius 2 is 1.07 bits per heavy atom. The molecule has 12 rings (SSSR count). The second-order valence-electron chi connectivity index (χ2n) is 14.4. The average Bonchev–Trinajstić information content (AvgIpc) is 3.96. The quantitative estimate of drug-likeness (QED) is 0.176. The second-order valence-corrected chi connectivity index (χ2v) is 15.5. The van der Waals surface area contributed by atoms with Gasteiger partial charge in [-0.3, -0.25) is 0 Å². The van der Waals surface area contributed by atoms with Crippen molar-refractivity contribution in [3.05, 3.63) is 182 Å². The molecule has 0 unspecified atom stereocenters. The van der Waals surface area contributed by atoms with Crippen molar-refractivity contribution in [3.8, 4) is 51.0 Å². The lowest BCUT2D eigenvalue weighted by Crippen LogP contribution is -2.00. The first-order chi connectivity index (χ1) is 28.2. The van der Waals surface area contributed by atoms with Crippen LogP contribution in [0.1, 0.15) is 0 Å². The van der Waals surface area contributed by atoms with Gasteiger partial charge in [-0.2, -0.15) is 0 Å². The van der Waals surface area contributed by atoms with E-state index < -0.39 is 0 Å². The molecular weight excluding hydrogens is 717 g/mol.